The Morgan fingerprint density at radius 2 is 1.72 bits per heavy atom. The van der Waals surface area contributed by atoms with Crippen LogP contribution in [-0.4, -0.2) is 29.9 Å². The maximum Gasteiger partial charge on any atom is 0.341 e. The molecule has 2 amide bonds. The number of carbonyl (C=O) groups is 3. The second-order valence-electron chi connectivity index (χ2n) is 7.01. The monoisotopic (exact) mass is 445 g/mol. The van der Waals surface area contributed by atoms with E-state index in [0.717, 1.165) is 16.9 Å². The predicted octanol–water partition coefficient (Wildman–Crippen LogP) is 4.41. The molecule has 4 rings (SSSR count). The van der Waals surface area contributed by atoms with Gasteiger partial charge in [0.25, 0.3) is 11.8 Å². The summed E-state index contributed by atoms with van der Waals surface area (Å²) in [5, 5.41) is 3.64. The average Bonchev–Trinajstić information content (AvgIpc) is 3.14. The number of amides is 2. The number of hydrogen-bond acceptors (Lipinski definition) is 6. The summed E-state index contributed by atoms with van der Waals surface area (Å²) in [7, 11) is 1.23. The molecule has 0 aliphatic heterocycles. The van der Waals surface area contributed by atoms with Gasteiger partial charge in [0.2, 0.25) is 0 Å². The van der Waals surface area contributed by atoms with Crippen molar-refractivity contribution in [1.82, 2.24) is 4.98 Å². The SMILES string of the molecule is COC(=O)c1c(NC(=O)c2cc(-c3ccccc3)nc3ccccc23)sc(C(N)=O)c1C. The van der Waals surface area contributed by atoms with E-state index < -0.39 is 17.8 Å². The van der Waals surface area contributed by atoms with Crippen molar-refractivity contribution >= 4 is 45.0 Å². The fourth-order valence-corrected chi connectivity index (χ4v) is 4.52. The highest BCUT2D eigenvalue weighted by Gasteiger charge is 2.26. The number of hydrogen-bond donors (Lipinski definition) is 2. The van der Waals surface area contributed by atoms with Gasteiger partial charge in [-0.15, -0.1) is 11.3 Å². The number of anilines is 1. The minimum atomic E-state index is -0.682. The summed E-state index contributed by atoms with van der Waals surface area (Å²) in [4.78, 5) is 42.4. The molecular weight excluding hydrogens is 426 g/mol. The number of methoxy groups -OCH3 is 1. The first kappa shape index (κ1) is 21.2. The molecule has 0 saturated carbocycles. The normalized spacial score (nSPS) is 10.7. The van der Waals surface area contributed by atoms with E-state index in [1.54, 1.807) is 13.0 Å². The van der Waals surface area contributed by atoms with Gasteiger partial charge in [-0.2, -0.15) is 0 Å². The van der Waals surface area contributed by atoms with Gasteiger partial charge in [0, 0.05) is 10.9 Å². The summed E-state index contributed by atoms with van der Waals surface area (Å²) >= 11 is 0.944. The third-order valence-electron chi connectivity index (χ3n) is 5.02. The second-order valence-corrected chi connectivity index (χ2v) is 8.03. The number of primary amides is 1. The number of ether oxygens (including phenoxy) is 1. The van der Waals surface area contributed by atoms with Gasteiger partial charge in [-0.1, -0.05) is 48.5 Å². The van der Waals surface area contributed by atoms with Crippen LogP contribution in [0.4, 0.5) is 5.00 Å². The quantitative estimate of drug-likeness (QED) is 0.442. The Hall–Kier alpha value is -4.04. The number of nitrogens with two attached hydrogens (primary N) is 1. The molecular formula is C24H19N3O4S. The first-order chi connectivity index (χ1) is 15.4. The Bertz CT molecular complexity index is 1360. The number of esters is 1. The Balaban J connectivity index is 1.83. The molecule has 2 aromatic carbocycles. The van der Waals surface area contributed by atoms with Gasteiger partial charge in [-0.05, 0) is 24.6 Å². The molecule has 32 heavy (non-hydrogen) atoms. The summed E-state index contributed by atoms with van der Waals surface area (Å²) in [6.45, 7) is 1.59. The van der Waals surface area contributed by atoms with E-state index in [4.69, 9.17) is 10.5 Å². The van der Waals surface area contributed by atoms with Crippen LogP contribution in [0.5, 0.6) is 0 Å². The van der Waals surface area contributed by atoms with E-state index in [2.05, 4.69) is 10.3 Å². The molecule has 4 aromatic rings. The van der Waals surface area contributed by atoms with Gasteiger partial charge in [0.05, 0.1) is 34.3 Å². The van der Waals surface area contributed by atoms with Gasteiger partial charge >= 0.3 is 5.97 Å². The van der Waals surface area contributed by atoms with E-state index in [9.17, 15) is 14.4 Å². The van der Waals surface area contributed by atoms with Crippen molar-refractivity contribution in [2.75, 3.05) is 12.4 Å². The molecule has 0 aliphatic carbocycles. The minimum absolute atomic E-state index is 0.112. The lowest BCUT2D eigenvalue weighted by molar-refractivity contribution is 0.0601. The number of nitrogens with one attached hydrogen (secondary N) is 1. The molecule has 0 spiro atoms. The molecule has 0 aliphatic rings. The van der Waals surface area contributed by atoms with Crippen molar-refractivity contribution in [1.29, 1.82) is 0 Å². The first-order valence-corrected chi connectivity index (χ1v) is 10.5. The van der Waals surface area contributed by atoms with Crippen molar-refractivity contribution < 1.29 is 19.1 Å². The maximum atomic E-state index is 13.4. The number of thiophene rings is 1. The molecule has 160 valence electrons. The maximum absolute atomic E-state index is 13.4. The Morgan fingerprint density at radius 1 is 1.03 bits per heavy atom. The number of pyridine rings is 1. The zero-order chi connectivity index (χ0) is 22.8. The third-order valence-corrected chi connectivity index (χ3v) is 6.24. The lowest BCUT2D eigenvalue weighted by atomic mass is 10.0. The predicted molar refractivity (Wildman–Crippen MR) is 124 cm³/mol. The molecule has 3 N–H and O–H groups in total. The van der Waals surface area contributed by atoms with Crippen LogP contribution >= 0.6 is 11.3 Å². The average molecular weight is 446 g/mol. The summed E-state index contributed by atoms with van der Waals surface area (Å²) < 4.78 is 4.84. The first-order valence-electron chi connectivity index (χ1n) is 9.68. The lowest BCUT2D eigenvalue weighted by Crippen LogP contribution is -2.15. The van der Waals surface area contributed by atoms with Crippen molar-refractivity contribution in [3.05, 3.63) is 82.2 Å². The van der Waals surface area contributed by atoms with Gasteiger partial charge < -0.3 is 15.8 Å². The summed E-state index contributed by atoms with van der Waals surface area (Å²) in [6, 6.07) is 18.5. The molecule has 8 heteroatoms. The van der Waals surface area contributed by atoms with Crippen molar-refractivity contribution in [3.63, 3.8) is 0 Å². The molecule has 7 nitrogen and oxygen atoms in total. The molecule has 2 heterocycles. The van der Waals surface area contributed by atoms with Crippen LogP contribution in [-0.2, 0) is 4.74 Å². The second kappa shape index (κ2) is 8.60. The highest BCUT2D eigenvalue weighted by Crippen LogP contribution is 2.34. The van der Waals surface area contributed by atoms with E-state index in [0.29, 0.717) is 27.7 Å². The molecule has 0 radical (unpaired) electrons. The lowest BCUT2D eigenvalue weighted by Gasteiger charge is -2.11. The van der Waals surface area contributed by atoms with Crippen LogP contribution in [0, 0.1) is 6.92 Å². The van der Waals surface area contributed by atoms with Crippen LogP contribution in [0.25, 0.3) is 22.2 Å². The molecule has 0 fully saturated rings. The van der Waals surface area contributed by atoms with Crippen molar-refractivity contribution in [2.24, 2.45) is 5.73 Å². The van der Waals surface area contributed by atoms with E-state index in [-0.39, 0.29) is 15.4 Å². The number of carbonyl (C=O) groups excluding carboxylic acids is 3. The molecule has 0 unspecified atom stereocenters. The van der Waals surface area contributed by atoms with E-state index >= 15 is 0 Å². The summed E-state index contributed by atoms with van der Waals surface area (Å²) in [5.41, 5.74) is 8.47. The Labute approximate surface area is 187 Å². The van der Waals surface area contributed by atoms with Crippen molar-refractivity contribution in [2.45, 2.75) is 6.92 Å². The van der Waals surface area contributed by atoms with Gasteiger partial charge in [-0.25, -0.2) is 9.78 Å². The Morgan fingerprint density at radius 3 is 2.41 bits per heavy atom. The number of fused-ring (bicyclic) bond motifs is 1. The molecule has 0 saturated heterocycles. The smallest absolute Gasteiger partial charge is 0.341 e. The largest absolute Gasteiger partial charge is 0.465 e. The highest BCUT2D eigenvalue weighted by molar-refractivity contribution is 7.18. The third kappa shape index (κ3) is 3.83. The highest BCUT2D eigenvalue weighted by atomic mass is 32.1. The van der Waals surface area contributed by atoms with Crippen LogP contribution in [0.1, 0.15) is 36.0 Å². The summed E-state index contributed by atoms with van der Waals surface area (Å²) in [6.07, 6.45) is 0. The fraction of sp³-hybridized carbons (Fsp3) is 0.0833. The van der Waals surface area contributed by atoms with Gasteiger partial charge in [0.15, 0.2) is 0 Å². The van der Waals surface area contributed by atoms with Crippen LogP contribution < -0.4 is 11.1 Å². The Kier molecular flexibility index (Phi) is 5.70. The van der Waals surface area contributed by atoms with Crippen LogP contribution in [0.15, 0.2) is 60.7 Å². The molecule has 0 atom stereocenters. The fourth-order valence-electron chi connectivity index (χ4n) is 3.47. The topological polar surface area (TPSA) is 111 Å². The minimum Gasteiger partial charge on any atom is -0.465 e. The number of rotatable bonds is 5. The molecule has 2 aromatic heterocycles. The van der Waals surface area contributed by atoms with Crippen molar-refractivity contribution in [3.8, 4) is 11.3 Å². The standard InChI is InChI=1S/C24H19N3O4S/c1-13-19(24(30)31-2)23(32-20(13)21(25)28)27-22(29)16-12-18(14-8-4-3-5-9-14)26-17-11-7-6-10-15(16)17/h3-12H,1-2H3,(H2,25,28)(H,27,29). The van der Waals surface area contributed by atoms with E-state index in [1.165, 1.54) is 7.11 Å². The van der Waals surface area contributed by atoms with E-state index in [1.807, 2.05) is 54.6 Å². The number of benzene rings is 2. The number of para-hydroxylation sites is 1. The zero-order valence-corrected chi connectivity index (χ0v) is 18.2. The van der Waals surface area contributed by atoms with Gasteiger partial charge in [-0.3, -0.25) is 9.59 Å². The zero-order valence-electron chi connectivity index (χ0n) is 17.3. The summed E-state index contributed by atoms with van der Waals surface area (Å²) in [5.74, 6) is -1.78. The van der Waals surface area contributed by atoms with Gasteiger partial charge in [0.1, 0.15) is 5.00 Å². The number of aromatic nitrogens is 1. The van der Waals surface area contributed by atoms with Crippen LogP contribution in [0.3, 0.4) is 0 Å². The number of nitrogens with zero attached hydrogens (tertiary/aromatic N) is 1. The molecule has 0 bridgehead atoms. The van der Waals surface area contributed by atoms with Crippen LogP contribution in [0.2, 0.25) is 0 Å².